The van der Waals surface area contributed by atoms with Gasteiger partial charge < -0.3 is 0 Å². The first-order valence-corrected chi connectivity index (χ1v) is 4.78. The number of carbonyl (C=O) groups excluding carboxylic acids is 1. The Morgan fingerprint density at radius 3 is 2.92 bits per heavy atom. The number of aryl methyl sites for hydroxylation is 2. The minimum Gasteiger partial charge on any atom is -0.299 e. The van der Waals surface area contributed by atoms with Crippen LogP contribution in [0, 0.1) is 6.92 Å². The van der Waals surface area contributed by atoms with Crippen LogP contribution in [0.1, 0.15) is 36.0 Å². The van der Waals surface area contributed by atoms with Crippen molar-refractivity contribution in [3.05, 3.63) is 34.9 Å². The van der Waals surface area contributed by atoms with Crippen molar-refractivity contribution >= 4 is 5.78 Å². The average Bonchev–Trinajstić information content (AvgIpc) is 2.46. The third-order valence-electron chi connectivity index (χ3n) is 2.87. The number of fused-ring (bicyclic) bond motifs is 1. The second-order valence-electron chi connectivity index (χ2n) is 3.90. The van der Waals surface area contributed by atoms with Gasteiger partial charge in [-0.05, 0) is 37.8 Å². The van der Waals surface area contributed by atoms with E-state index in [9.17, 15) is 4.79 Å². The van der Waals surface area contributed by atoms with Gasteiger partial charge in [-0.25, -0.2) is 0 Å². The maximum atomic E-state index is 11.3. The minimum absolute atomic E-state index is 0.176. The molecule has 13 heavy (non-hydrogen) atoms. The van der Waals surface area contributed by atoms with E-state index < -0.39 is 0 Å². The van der Waals surface area contributed by atoms with Crippen molar-refractivity contribution in [3.8, 4) is 0 Å². The van der Waals surface area contributed by atoms with Crippen LogP contribution in [0.3, 0.4) is 0 Å². The number of ketones is 1. The molecule has 0 amide bonds. The van der Waals surface area contributed by atoms with Gasteiger partial charge in [-0.3, -0.25) is 4.79 Å². The van der Waals surface area contributed by atoms with Crippen molar-refractivity contribution in [2.75, 3.05) is 0 Å². The molecule has 1 aromatic carbocycles. The second kappa shape index (κ2) is 2.99. The van der Waals surface area contributed by atoms with E-state index in [1.807, 2.05) is 0 Å². The van der Waals surface area contributed by atoms with Crippen molar-refractivity contribution in [1.29, 1.82) is 0 Å². The molecule has 1 atom stereocenters. The molecule has 0 heterocycles. The topological polar surface area (TPSA) is 17.1 Å². The molecule has 0 radical (unpaired) electrons. The fourth-order valence-corrected chi connectivity index (χ4v) is 2.14. The maximum Gasteiger partial charge on any atom is 0.137 e. The van der Waals surface area contributed by atoms with Gasteiger partial charge in [0.05, 0.1) is 0 Å². The zero-order valence-electron chi connectivity index (χ0n) is 8.13. The highest BCUT2D eigenvalue weighted by Gasteiger charge is 2.25. The Balaban J connectivity index is 2.46. The lowest BCUT2D eigenvalue weighted by atomic mass is 9.96. The molecule has 0 aromatic heterocycles. The molecule has 0 bridgehead atoms. The van der Waals surface area contributed by atoms with Gasteiger partial charge in [0.15, 0.2) is 0 Å². The summed E-state index contributed by atoms with van der Waals surface area (Å²) in [6, 6.07) is 6.45. The monoisotopic (exact) mass is 174 g/mol. The SMILES string of the molecule is CC(=O)C1CCc2ccc(C)cc21. The molecule has 0 fully saturated rings. The summed E-state index contributed by atoms with van der Waals surface area (Å²) in [6.07, 6.45) is 2.08. The number of Topliss-reactive ketones (excluding diaryl/α,β-unsaturated/α-hetero) is 1. The lowest BCUT2D eigenvalue weighted by molar-refractivity contribution is -0.118. The summed E-state index contributed by atoms with van der Waals surface area (Å²) in [6.45, 7) is 3.78. The van der Waals surface area contributed by atoms with Gasteiger partial charge in [-0.2, -0.15) is 0 Å². The predicted molar refractivity (Wildman–Crippen MR) is 52.9 cm³/mol. The summed E-state index contributed by atoms with van der Waals surface area (Å²) in [5, 5.41) is 0. The van der Waals surface area contributed by atoms with Crippen molar-refractivity contribution in [2.45, 2.75) is 32.6 Å². The first-order valence-electron chi connectivity index (χ1n) is 4.78. The van der Waals surface area contributed by atoms with Crippen molar-refractivity contribution in [3.63, 3.8) is 0 Å². The largest absolute Gasteiger partial charge is 0.299 e. The molecule has 1 heteroatoms. The summed E-state index contributed by atoms with van der Waals surface area (Å²) >= 11 is 0. The molecule has 0 N–H and O–H groups in total. The van der Waals surface area contributed by atoms with Crippen LogP contribution in [0.15, 0.2) is 18.2 Å². The van der Waals surface area contributed by atoms with Gasteiger partial charge in [0.25, 0.3) is 0 Å². The van der Waals surface area contributed by atoms with E-state index in [4.69, 9.17) is 0 Å². The molecule has 1 aliphatic carbocycles. The minimum atomic E-state index is 0.176. The molecule has 68 valence electrons. The molecule has 1 unspecified atom stereocenters. The Morgan fingerprint density at radius 2 is 2.23 bits per heavy atom. The lowest BCUT2D eigenvalue weighted by Crippen LogP contribution is -2.04. The Labute approximate surface area is 78.8 Å². The quantitative estimate of drug-likeness (QED) is 0.639. The molecule has 1 nitrogen and oxygen atoms in total. The zero-order valence-corrected chi connectivity index (χ0v) is 8.13. The zero-order chi connectivity index (χ0) is 9.42. The van der Waals surface area contributed by atoms with Gasteiger partial charge in [0, 0.05) is 5.92 Å². The van der Waals surface area contributed by atoms with E-state index in [1.54, 1.807) is 6.92 Å². The van der Waals surface area contributed by atoms with Crippen molar-refractivity contribution in [1.82, 2.24) is 0 Å². The Hall–Kier alpha value is -1.11. The van der Waals surface area contributed by atoms with E-state index in [2.05, 4.69) is 25.1 Å². The molecule has 0 aliphatic heterocycles. The van der Waals surface area contributed by atoms with Crippen molar-refractivity contribution < 1.29 is 4.79 Å². The van der Waals surface area contributed by atoms with Gasteiger partial charge in [0.2, 0.25) is 0 Å². The summed E-state index contributed by atoms with van der Waals surface area (Å²) in [5.41, 5.74) is 3.89. The van der Waals surface area contributed by atoms with Crippen molar-refractivity contribution in [2.24, 2.45) is 0 Å². The number of benzene rings is 1. The van der Waals surface area contributed by atoms with E-state index in [0.29, 0.717) is 5.78 Å². The highest BCUT2D eigenvalue weighted by molar-refractivity contribution is 5.84. The lowest BCUT2D eigenvalue weighted by Gasteiger charge is -2.07. The van der Waals surface area contributed by atoms with Gasteiger partial charge in [-0.15, -0.1) is 0 Å². The third kappa shape index (κ3) is 1.39. The third-order valence-corrected chi connectivity index (χ3v) is 2.87. The fraction of sp³-hybridized carbons (Fsp3) is 0.417. The number of hydrogen-bond donors (Lipinski definition) is 0. The number of hydrogen-bond acceptors (Lipinski definition) is 1. The number of rotatable bonds is 1. The van der Waals surface area contributed by atoms with Crippen LogP contribution in [0.2, 0.25) is 0 Å². The first kappa shape index (κ1) is 8.49. The Bertz CT molecular complexity index is 352. The normalized spacial score (nSPS) is 20.0. The molecule has 1 aromatic rings. The van der Waals surface area contributed by atoms with Gasteiger partial charge in [0.1, 0.15) is 5.78 Å². The Kier molecular flexibility index (Phi) is 1.95. The second-order valence-corrected chi connectivity index (χ2v) is 3.90. The summed E-state index contributed by atoms with van der Waals surface area (Å²) < 4.78 is 0. The fourth-order valence-electron chi connectivity index (χ4n) is 2.14. The van der Waals surface area contributed by atoms with Crippen LogP contribution in [-0.4, -0.2) is 5.78 Å². The van der Waals surface area contributed by atoms with Crippen LogP contribution in [-0.2, 0) is 11.2 Å². The molecular formula is C12H14O. The molecule has 1 aliphatic rings. The van der Waals surface area contributed by atoms with E-state index in [-0.39, 0.29) is 5.92 Å². The van der Waals surface area contributed by atoms with Crippen LogP contribution >= 0.6 is 0 Å². The smallest absolute Gasteiger partial charge is 0.137 e. The summed E-state index contributed by atoms with van der Waals surface area (Å²) in [7, 11) is 0. The maximum absolute atomic E-state index is 11.3. The van der Waals surface area contributed by atoms with E-state index in [0.717, 1.165) is 12.8 Å². The Morgan fingerprint density at radius 1 is 1.46 bits per heavy atom. The highest BCUT2D eigenvalue weighted by atomic mass is 16.1. The summed E-state index contributed by atoms with van der Waals surface area (Å²) in [4.78, 5) is 11.3. The van der Waals surface area contributed by atoms with Crippen LogP contribution in [0.5, 0.6) is 0 Å². The standard InChI is InChI=1S/C12H14O/c1-8-3-4-10-5-6-11(9(2)13)12(10)7-8/h3-4,7,11H,5-6H2,1-2H3. The van der Waals surface area contributed by atoms with Crippen LogP contribution in [0.25, 0.3) is 0 Å². The first-order chi connectivity index (χ1) is 6.18. The van der Waals surface area contributed by atoms with Crippen LogP contribution in [0.4, 0.5) is 0 Å². The van der Waals surface area contributed by atoms with E-state index in [1.165, 1.54) is 16.7 Å². The van der Waals surface area contributed by atoms with Gasteiger partial charge >= 0.3 is 0 Å². The molecular weight excluding hydrogens is 160 g/mol. The van der Waals surface area contributed by atoms with Gasteiger partial charge in [-0.1, -0.05) is 23.8 Å². The number of carbonyl (C=O) groups is 1. The average molecular weight is 174 g/mol. The molecule has 0 saturated heterocycles. The molecule has 2 rings (SSSR count). The summed E-state index contributed by atoms with van der Waals surface area (Å²) in [5.74, 6) is 0.485. The highest BCUT2D eigenvalue weighted by Crippen LogP contribution is 2.33. The molecule has 0 spiro atoms. The predicted octanol–water partition coefficient (Wildman–Crippen LogP) is 2.61. The van der Waals surface area contributed by atoms with E-state index >= 15 is 0 Å². The van der Waals surface area contributed by atoms with Crippen LogP contribution < -0.4 is 0 Å². The molecule has 0 saturated carbocycles.